The Hall–Kier alpha value is -1.40. The molecule has 6 heteroatoms. The van der Waals surface area contributed by atoms with E-state index in [1.165, 1.54) is 244 Å². The highest BCUT2D eigenvalue weighted by Crippen LogP contribution is 2.17. The van der Waals surface area contributed by atoms with Crippen LogP contribution in [0.5, 0.6) is 0 Å². The van der Waals surface area contributed by atoms with E-state index in [0.717, 1.165) is 57.8 Å². The minimum Gasteiger partial charge on any atom is -0.466 e. The third-order valence-corrected chi connectivity index (χ3v) is 13.8. The Bertz CT molecular complexity index is 970. The number of allylic oxidation sites excluding steroid dienone is 1. The summed E-state index contributed by atoms with van der Waals surface area (Å²) < 4.78 is 5.49. The Balaban J connectivity index is 3.43. The molecule has 0 aliphatic heterocycles. The van der Waals surface area contributed by atoms with Crippen molar-refractivity contribution in [3.05, 3.63) is 12.2 Å². The fourth-order valence-electron chi connectivity index (χ4n) is 9.28. The van der Waals surface area contributed by atoms with Gasteiger partial charge >= 0.3 is 5.97 Å². The van der Waals surface area contributed by atoms with Gasteiger partial charge in [-0.1, -0.05) is 296 Å². The van der Waals surface area contributed by atoms with Crippen molar-refractivity contribution in [3.63, 3.8) is 0 Å². The van der Waals surface area contributed by atoms with Crippen LogP contribution in [0.25, 0.3) is 0 Å². The molecular formula is C59H115NO5. The van der Waals surface area contributed by atoms with E-state index in [-0.39, 0.29) is 18.5 Å². The summed E-state index contributed by atoms with van der Waals surface area (Å²) in [5, 5.41) is 23.1. The van der Waals surface area contributed by atoms with Crippen molar-refractivity contribution in [2.45, 2.75) is 341 Å². The highest BCUT2D eigenvalue weighted by Gasteiger charge is 2.18. The number of amides is 1. The molecule has 0 aromatic heterocycles. The highest BCUT2D eigenvalue weighted by atomic mass is 16.5. The number of rotatable bonds is 55. The van der Waals surface area contributed by atoms with Crippen LogP contribution in [0.2, 0.25) is 0 Å². The van der Waals surface area contributed by atoms with Gasteiger partial charge < -0.3 is 20.3 Å². The predicted octanol–water partition coefficient (Wildman–Crippen LogP) is 18.1. The van der Waals surface area contributed by atoms with Gasteiger partial charge in [0, 0.05) is 12.8 Å². The number of aliphatic hydroxyl groups excluding tert-OH is 2. The van der Waals surface area contributed by atoms with E-state index in [2.05, 4.69) is 19.2 Å². The molecule has 0 aromatic carbocycles. The fourth-order valence-corrected chi connectivity index (χ4v) is 9.28. The lowest BCUT2D eigenvalue weighted by atomic mass is 10.0. The van der Waals surface area contributed by atoms with Gasteiger partial charge in [0.1, 0.15) is 0 Å². The Morgan fingerprint density at radius 3 is 1.05 bits per heavy atom. The summed E-state index contributed by atoms with van der Waals surface area (Å²) in [5.74, 6) is -0.0743. The molecule has 0 fully saturated rings. The minimum absolute atomic E-state index is 0.00157. The van der Waals surface area contributed by atoms with Crippen LogP contribution in [-0.4, -0.2) is 47.4 Å². The van der Waals surface area contributed by atoms with E-state index >= 15 is 0 Å². The second-order valence-electron chi connectivity index (χ2n) is 20.3. The van der Waals surface area contributed by atoms with E-state index in [9.17, 15) is 19.8 Å². The number of unbranched alkanes of at least 4 members (excludes halogenated alkanes) is 44. The monoisotopic (exact) mass is 918 g/mol. The molecule has 65 heavy (non-hydrogen) atoms. The van der Waals surface area contributed by atoms with Crippen LogP contribution < -0.4 is 5.32 Å². The number of carbonyl (C=O) groups excluding carboxylic acids is 2. The number of ether oxygens (including phenoxy) is 1. The van der Waals surface area contributed by atoms with Gasteiger partial charge in [-0.25, -0.2) is 0 Å². The smallest absolute Gasteiger partial charge is 0.305 e. The first kappa shape index (κ1) is 63.6. The zero-order valence-corrected chi connectivity index (χ0v) is 44.0. The zero-order valence-electron chi connectivity index (χ0n) is 44.0. The van der Waals surface area contributed by atoms with Gasteiger partial charge in [-0.2, -0.15) is 0 Å². The number of hydrogen-bond acceptors (Lipinski definition) is 5. The number of carbonyl (C=O) groups is 2. The van der Waals surface area contributed by atoms with Gasteiger partial charge in [-0.05, 0) is 32.1 Å². The van der Waals surface area contributed by atoms with Gasteiger partial charge in [0.15, 0.2) is 0 Å². The van der Waals surface area contributed by atoms with Crippen LogP contribution in [0.4, 0.5) is 0 Å². The van der Waals surface area contributed by atoms with E-state index < -0.39 is 12.1 Å². The standard InChI is InChI=1S/C59H115NO5/c1-3-5-7-9-11-13-15-17-19-21-22-24-29-33-37-41-45-49-53-59(64)65-54-50-46-42-38-34-30-26-25-28-32-36-40-44-48-52-58(63)60-56(55-61)57(62)51-47-43-39-35-31-27-23-20-18-16-14-12-10-8-6-4-2/h47,51,56-57,61-62H,3-46,48-50,52-55H2,1-2H3,(H,60,63)/b51-47+. The molecule has 0 aromatic rings. The molecule has 0 bridgehead atoms. The Kier molecular flexibility index (Phi) is 54.0. The summed E-state index contributed by atoms with van der Waals surface area (Å²) in [6, 6.07) is -0.635. The van der Waals surface area contributed by atoms with Gasteiger partial charge in [0.05, 0.1) is 25.4 Å². The third-order valence-electron chi connectivity index (χ3n) is 13.8. The largest absolute Gasteiger partial charge is 0.466 e. The molecule has 0 rings (SSSR count). The molecule has 0 saturated heterocycles. The molecule has 3 N–H and O–H groups in total. The maximum absolute atomic E-state index is 12.5. The van der Waals surface area contributed by atoms with Crippen molar-refractivity contribution >= 4 is 11.9 Å². The molecular weight excluding hydrogens is 803 g/mol. The zero-order chi connectivity index (χ0) is 47.2. The average Bonchev–Trinajstić information content (AvgIpc) is 3.31. The summed E-state index contributed by atoms with van der Waals surface area (Å²) in [6.07, 6.45) is 65.2. The molecule has 0 spiro atoms. The Labute approximate surface area is 406 Å². The Morgan fingerprint density at radius 2 is 0.708 bits per heavy atom. The summed E-state index contributed by atoms with van der Waals surface area (Å²) in [5.41, 5.74) is 0. The quantitative estimate of drug-likeness (QED) is 0.0321. The van der Waals surface area contributed by atoms with Crippen molar-refractivity contribution in [3.8, 4) is 0 Å². The predicted molar refractivity (Wildman–Crippen MR) is 283 cm³/mol. The molecule has 2 atom stereocenters. The molecule has 0 aliphatic rings. The van der Waals surface area contributed by atoms with E-state index in [0.29, 0.717) is 19.4 Å². The number of esters is 1. The molecule has 0 aliphatic carbocycles. The Morgan fingerprint density at radius 1 is 0.415 bits per heavy atom. The lowest BCUT2D eigenvalue weighted by Crippen LogP contribution is -2.45. The van der Waals surface area contributed by atoms with Crippen molar-refractivity contribution in [1.82, 2.24) is 5.32 Å². The van der Waals surface area contributed by atoms with Crippen LogP contribution in [-0.2, 0) is 14.3 Å². The molecule has 6 nitrogen and oxygen atoms in total. The highest BCUT2D eigenvalue weighted by molar-refractivity contribution is 5.76. The molecule has 0 heterocycles. The van der Waals surface area contributed by atoms with Crippen molar-refractivity contribution < 1.29 is 24.5 Å². The van der Waals surface area contributed by atoms with Crippen molar-refractivity contribution in [2.75, 3.05) is 13.2 Å². The van der Waals surface area contributed by atoms with Crippen LogP contribution in [0.1, 0.15) is 328 Å². The third kappa shape index (κ3) is 51.8. The second kappa shape index (κ2) is 55.2. The van der Waals surface area contributed by atoms with Gasteiger partial charge in [0.25, 0.3) is 0 Å². The first-order chi connectivity index (χ1) is 32.0. The number of aliphatic hydroxyl groups is 2. The second-order valence-corrected chi connectivity index (χ2v) is 20.3. The molecule has 1 amide bonds. The first-order valence-corrected chi connectivity index (χ1v) is 29.5. The van der Waals surface area contributed by atoms with Crippen LogP contribution in [0.15, 0.2) is 12.2 Å². The summed E-state index contributed by atoms with van der Waals surface area (Å²) in [4.78, 5) is 24.5. The molecule has 386 valence electrons. The van der Waals surface area contributed by atoms with Gasteiger partial charge in [0.2, 0.25) is 5.91 Å². The first-order valence-electron chi connectivity index (χ1n) is 29.5. The van der Waals surface area contributed by atoms with Crippen LogP contribution >= 0.6 is 0 Å². The van der Waals surface area contributed by atoms with Gasteiger partial charge in [-0.3, -0.25) is 9.59 Å². The molecule has 0 saturated carbocycles. The average molecular weight is 919 g/mol. The van der Waals surface area contributed by atoms with Crippen molar-refractivity contribution in [1.29, 1.82) is 0 Å². The topological polar surface area (TPSA) is 95.9 Å². The lowest BCUT2D eigenvalue weighted by Gasteiger charge is -2.20. The minimum atomic E-state index is -0.850. The van der Waals surface area contributed by atoms with Crippen LogP contribution in [0.3, 0.4) is 0 Å². The number of nitrogens with one attached hydrogen (secondary N) is 1. The van der Waals surface area contributed by atoms with E-state index in [1.807, 2.05) is 6.08 Å². The van der Waals surface area contributed by atoms with Gasteiger partial charge in [-0.15, -0.1) is 0 Å². The maximum Gasteiger partial charge on any atom is 0.305 e. The van der Waals surface area contributed by atoms with Crippen LogP contribution in [0, 0.1) is 0 Å². The fraction of sp³-hybridized carbons (Fsp3) is 0.932. The number of hydrogen-bond donors (Lipinski definition) is 3. The molecule has 0 radical (unpaired) electrons. The SMILES string of the molecule is CCCCCCCCCCCCCCCC/C=C/C(O)C(CO)NC(=O)CCCCCCCCCCCCCCCCOC(=O)CCCCCCCCCCCCCCCCCCCC. The normalized spacial score (nSPS) is 12.6. The summed E-state index contributed by atoms with van der Waals surface area (Å²) in [6.45, 7) is 4.91. The van der Waals surface area contributed by atoms with Crippen molar-refractivity contribution in [2.24, 2.45) is 0 Å². The lowest BCUT2D eigenvalue weighted by molar-refractivity contribution is -0.143. The summed E-state index contributed by atoms with van der Waals surface area (Å²) in [7, 11) is 0. The van der Waals surface area contributed by atoms with E-state index in [4.69, 9.17) is 4.74 Å². The summed E-state index contributed by atoms with van der Waals surface area (Å²) >= 11 is 0. The maximum atomic E-state index is 12.5. The molecule has 2 unspecified atom stereocenters. The van der Waals surface area contributed by atoms with E-state index in [1.54, 1.807) is 6.08 Å².